The molecule has 0 unspecified atom stereocenters. The summed E-state index contributed by atoms with van der Waals surface area (Å²) >= 11 is 0. The molecule has 0 atom stereocenters. The lowest BCUT2D eigenvalue weighted by molar-refractivity contribution is -0.137. The highest BCUT2D eigenvalue weighted by Gasteiger charge is 2.29. The molecular formula is C18H13F3N2O. The average Bonchev–Trinajstić information content (AvgIpc) is 2.58. The molecule has 0 fully saturated rings. The van der Waals surface area contributed by atoms with Gasteiger partial charge in [-0.25, -0.2) is 0 Å². The van der Waals surface area contributed by atoms with E-state index in [1.54, 1.807) is 24.3 Å². The molecule has 1 amide bonds. The van der Waals surface area contributed by atoms with Crippen molar-refractivity contribution in [1.82, 2.24) is 5.32 Å². The molecule has 2 aromatic rings. The number of amides is 1. The lowest BCUT2D eigenvalue weighted by atomic mass is 10.1. The second kappa shape index (κ2) is 7.47. The Morgan fingerprint density at radius 3 is 2.25 bits per heavy atom. The normalized spacial score (nSPS) is 11.2. The molecule has 0 heterocycles. The fourth-order valence-electron chi connectivity index (χ4n) is 1.90. The quantitative estimate of drug-likeness (QED) is 0.864. The minimum Gasteiger partial charge on any atom is -0.348 e. The molecular weight excluding hydrogens is 317 g/mol. The van der Waals surface area contributed by atoms with E-state index in [0.717, 1.165) is 17.7 Å². The summed E-state index contributed by atoms with van der Waals surface area (Å²) in [6, 6.07) is 13.3. The highest BCUT2D eigenvalue weighted by molar-refractivity contribution is 5.91. The third-order valence-electron chi connectivity index (χ3n) is 3.21. The van der Waals surface area contributed by atoms with Crippen LogP contribution in [0.25, 0.3) is 6.08 Å². The first kappa shape index (κ1) is 17.3. The van der Waals surface area contributed by atoms with E-state index in [1.807, 2.05) is 6.07 Å². The van der Waals surface area contributed by atoms with Crippen LogP contribution in [0.2, 0.25) is 0 Å². The Balaban J connectivity index is 1.89. The number of nitrogens with one attached hydrogen (secondary N) is 1. The summed E-state index contributed by atoms with van der Waals surface area (Å²) in [4.78, 5) is 11.7. The molecule has 0 spiro atoms. The second-order valence-electron chi connectivity index (χ2n) is 4.98. The predicted octanol–water partition coefficient (Wildman–Crippen LogP) is 3.91. The Labute approximate surface area is 137 Å². The van der Waals surface area contributed by atoms with Crippen LogP contribution in [0.5, 0.6) is 0 Å². The fourth-order valence-corrected chi connectivity index (χ4v) is 1.90. The summed E-state index contributed by atoms with van der Waals surface area (Å²) in [5.41, 5.74) is 1.14. The number of nitrogens with zero attached hydrogens (tertiary/aromatic N) is 1. The van der Waals surface area contributed by atoms with Crippen molar-refractivity contribution in [3.63, 3.8) is 0 Å². The van der Waals surface area contributed by atoms with Crippen molar-refractivity contribution in [2.75, 3.05) is 0 Å². The molecule has 122 valence electrons. The monoisotopic (exact) mass is 330 g/mol. The Kier molecular flexibility index (Phi) is 5.38. The molecule has 0 radical (unpaired) electrons. The largest absolute Gasteiger partial charge is 0.416 e. The van der Waals surface area contributed by atoms with E-state index in [2.05, 4.69) is 5.32 Å². The highest BCUT2D eigenvalue weighted by Crippen LogP contribution is 2.29. The number of hydrogen-bond donors (Lipinski definition) is 1. The third kappa shape index (κ3) is 4.99. The van der Waals surface area contributed by atoms with Gasteiger partial charge < -0.3 is 5.32 Å². The van der Waals surface area contributed by atoms with E-state index in [1.165, 1.54) is 24.3 Å². The van der Waals surface area contributed by atoms with Crippen LogP contribution in [-0.2, 0) is 17.5 Å². The van der Waals surface area contributed by atoms with Gasteiger partial charge in [0.1, 0.15) is 0 Å². The molecule has 0 saturated heterocycles. The van der Waals surface area contributed by atoms with Crippen LogP contribution in [0.3, 0.4) is 0 Å². The van der Waals surface area contributed by atoms with Crippen molar-refractivity contribution in [3.8, 4) is 6.07 Å². The SMILES string of the molecule is N#Cc1ccc(CNC(=O)/C=C/c2ccc(C(F)(F)F)cc2)cc1. The zero-order valence-electron chi connectivity index (χ0n) is 12.5. The van der Waals surface area contributed by atoms with Crippen LogP contribution in [0.15, 0.2) is 54.6 Å². The van der Waals surface area contributed by atoms with E-state index in [-0.39, 0.29) is 5.91 Å². The lowest BCUT2D eigenvalue weighted by Crippen LogP contribution is -2.20. The van der Waals surface area contributed by atoms with Crippen LogP contribution < -0.4 is 5.32 Å². The van der Waals surface area contributed by atoms with E-state index >= 15 is 0 Å². The molecule has 1 N–H and O–H groups in total. The molecule has 2 aromatic carbocycles. The maximum absolute atomic E-state index is 12.4. The van der Waals surface area contributed by atoms with Gasteiger partial charge in [-0.1, -0.05) is 24.3 Å². The molecule has 0 bridgehead atoms. The standard InChI is InChI=1S/C18H13F3N2O/c19-18(20,21)16-8-5-13(6-9-16)7-10-17(24)23-12-15-3-1-14(11-22)2-4-15/h1-10H,12H2,(H,23,24)/b10-7+. The average molecular weight is 330 g/mol. The van der Waals surface area contributed by atoms with Gasteiger partial charge in [-0.3, -0.25) is 4.79 Å². The smallest absolute Gasteiger partial charge is 0.348 e. The summed E-state index contributed by atoms with van der Waals surface area (Å²) in [5, 5.41) is 11.3. The third-order valence-corrected chi connectivity index (χ3v) is 3.21. The van der Waals surface area contributed by atoms with Gasteiger partial charge in [0, 0.05) is 12.6 Å². The van der Waals surface area contributed by atoms with Gasteiger partial charge in [-0.15, -0.1) is 0 Å². The van der Waals surface area contributed by atoms with Gasteiger partial charge in [-0.05, 0) is 41.5 Å². The van der Waals surface area contributed by atoms with E-state index < -0.39 is 11.7 Å². The van der Waals surface area contributed by atoms with E-state index in [4.69, 9.17) is 5.26 Å². The number of halogens is 3. The predicted molar refractivity (Wildman–Crippen MR) is 83.5 cm³/mol. The topological polar surface area (TPSA) is 52.9 Å². The number of alkyl halides is 3. The molecule has 0 aromatic heterocycles. The molecule has 0 aliphatic rings. The van der Waals surface area contributed by atoms with Gasteiger partial charge in [0.15, 0.2) is 0 Å². The Bertz CT molecular complexity index is 770. The second-order valence-corrected chi connectivity index (χ2v) is 4.98. The summed E-state index contributed by atoms with van der Waals surface area (Å²) in [6.45, 7) is 0.294. The first-order valence-electron chi connectivity index (χ1n) is 7.01. The van der Waals surface area contributed by atoms with Crippen LogP contribution in [0.1, 0.15) is 22.3 Å². The first-order valence-corrected chi connectivity index (χ1v) is 7.01. The zero-order valence-corrected chi connectivity index (χ0v) is 12.5. The summed E-state index contributed by atoms with van der Waals surface area (Å²) in [5.74, 6) is -0.362. The summed E-state index contributed by atoms with van der Waals surface area (Å²) in [6.07, 6.45) is -1.68. The van der Waals surface area contributed by atoms with Gasteiger partial charge >= 0.3 is 6.18 Å². The van der Waals surface area contributed by atoms with Gasteiger partial charge in [-0.2, -0.15) is 18.4 Å². The molecule has 0 saturated carbocycles. The van der Waals surface area contributed by atoms with Crippen molar-refractivity contribution in [1.29, 1.82) is 5.26 Å². The number of rotatable bonds is 4. The molecule has 2 rings (SSSR count). The van der Waals surface area contributed by atoms with E-state index in [0.29, 0.717) is 17.7 Å². The van der Waals surface area contributed by atoms with Crippen LogP contribution in [-0.4, -0.2) is 5.91 Å². The summed E-state index contributed by atoms with van der Waals surface area (Å²) in [7, 11) is 0. The number of carbonyl (C=O) groups excluding carboxylic acids is 1. The molecule has 3 nitrogen and oxygen atoms in total. The Morgan fingerprint density at radius 2 is 1.71 bits per heavy atom. The van der Waals surface area contributed by atoms with Gasteiger partial charge in [0.2, 0.25) is 5.91 Å². The number of hydrogen-bond acceptors (Lipinski definition) is 2. The maximum Gasteiger partial charge on any atom is 0.416 e. The summed E-state index contributed by atoms with van der Waals surface area (Å²) < 4.78 is 37.3. The van der Waals surface area contributed by atoms with Gasteiger partial charge in [0.25, 0.3) is 0 Å². The fraction of sp³-hybridized carbons (Fsp3) is 0.111. The number of nitriles is 1. The Hall–Kier alpha value is -3.07. The zero-order chi connectivity index (χ0) is 17.6. The minimum atomic E-state index is -4.37. The molecule has 0 aliphatic carbocycles. The number of carbonyl (C=O) groups is 1. The van der Waals surface area contributed by atoms with Crippen molar-refractivity contribution >= 4 is 12.0 Å². The highest BCUT2D eigenvalue weighted by atomic mass is 19.4. The van der Waals surface area contributed by atoms with Crippen LogP contribution >= 0.6 is 0 Å². The molecule has 6 heteroatoms. The van der Waals surface area contributed by atoms with Crippen molar-refractivity contribution < 1.29 is 18.0 Å². The first-order chi connectivity index (χ1) is 11.4. The van der Waals surface area contributed by atoms with Crippen LogP contribution in [0, 0.1) is 11.3 Å². The van der Waals surface area contributed by atoms with Crippen LogP contribution in [0.4, 0.5) is 13.2 Å². The number of benzene rings is 2. The van der Waals surface area contributed by atoms with E-state index in [9.17, 15) is 18.0 Å². The lowest BCUT2D eigenvalue weighted by Gasteiger charge is -2.06. The minimum absolute atomic E-state index is 0.294. The molecule has 0 aliphatic heterocycles. The Morgan fingerprint density at radius 1 is 1.08 bits per heavy atom. The van der Waals surface area contributed by atoms with Crippen molar-refractivity contribution in [2.24, 2.45) is 0 Å². The van der Waals surface area contributed by atoms with Gasteiger partial charge in [0.05, 0.1) is 17.2 Å². The molecule has 24 heavy (non-hydrogen) atoms. The maximum atomic E-state index is 12.4. The van der Waals surface area contributed by atoms with Crippen molar-refractivity contribution in [3.05, 3.63) is 76.9 Å². The van der Waals surface area contributed by atoms with Crippen molar-refractivity contribution in [2.45, 2.75) is 12.7 Å².